The van der Waals surface area contributed by atoms with Gasteiger partial charge in [-0.15, -0.1) is 0 Å². The Balaban J connectivity index is 1.74. The Hall–Kier alpha value is -3.17. The van der Waals surface area contributed by atoms with Crippen LogP contribution in [0.15, 0.2) is 47.7 Å². The molecule has 2 N–H and O–H groups in total. The molecule has 2 aromatic carbocycles. The molecule has 174 valence electrons. The second-order valence-corrected chi connectivity index (χ2v) is 8.18. The predicted molar refractivity (Wildman–Crippen MR) is 128 cm³/mol. The number of esters is 1. The van der Waals surface area contributed by atoms with Crippen LogP contribution in [0.25, 0.3) is 10.8 Å². The number of amides is 1. The molecule has 8 nitrogen and oxygen atoms in total. The zero-order chi connectivity index (χ0) is 23.4. The average Bonchev–Trinajstić information content (AvgIpc) is 2.82. The lowest BCUT2D eigenvalue weighted by molar-refractivity contribution is -0.139. The maximum atomic E-state index is 12.9. The molecule has 0 radical (unpaired) electrons. The number of hydrogen-bond donors (Lipinski definition) is 2. The second-order valence-electron chi connectivity index (χ2n) is 7.77. The number of nitrogens with zero attached hydrogens (tertiary/aromatic N) is 1. The third kappa shape index (κ3) is 4.94. The largest absolute Gasteiger partial charge is 0.483 e. The van der Waals surface area contributed by atoms with E-state index in [2.05, 4.69) is 10.6 Å². The van der Waals surface area contributed by atoms with Crippen LogP contribution in [-0.2, 0) is 19.1 Å². The van der Waals surface area contributed by atoms with Gasteiger partial charge in [-0.2, -0.15) is 0 Å². The quantitative estimate of drug-likeness (QED) is 0.493. The van der Waals surface area contributed by atoms with Crippen LogP contribution in [-0.4, -0.2) is 61.4 Å². The van der Waals surface area contributed by atoms with Crippen molar-refractivity contribution in [2.75, 3.05) is 39.5 Å². The van der Waals surface area contributed by atoms with Crippen LogP contribution in [0.1, 0.15) is 25.5 Å². The summed E-state index contributed by atoms with van der Waals surface area (Å²) >= 11 is 5.40. The monoisotopic (exact) mass is 469 g/mol. The molecule has 0 bridgehead atoms. The molecule has 9 heteroatoms. The number of nitrogens with one attached hydrogen (secondary N) is 2. The van der Waals surface area contributed by atoms with E-state index in [-0.39, 0.29) is 19.1 Å². The zero-order valence-corrected chi connectivity index (χ0v) is 19.5. The Morgan fingerprint density at radius 3 is 2.70 bits per heavy atom. The number of fused-ring (bicyclic) bond motifs is 1. The van der Waals surface area contributed by atoms with Crippen LogP contribution in [0.3, 0.4) is 0 Å². The maximum Gasteiger partial charge on any atom is 0.338 e. The summed E-state index contributed by atoms with van der Waals surface area (Å²) in [6.07, 6.45) is 0. The Morgan fingerprint density at radius 2 is 1.94 bits per heavy atom. The van der Waals surface area contributed by atoms with Crippen LogP contribution in [0.5, 0.6) is 5.75 Å². The van der Waals surface area contributed by atoms with Gasteiger partial charge in [0.05, 0.1) is 31.4 Å². The number of hydrogen-bond acceptors (Lipinski definition) is 6. The molecule has 0 spiro atoms. The van der Waals surface area contributed by atoms with E-state index in [0.717, 1.165) is 16.3 Å². The summed E-state index contributed by atoms with van der Waals surface area (Å²) in [6, 6.07) is 11.0. The topological polar surface area (TPSA) is 89.1 Å². The van der Waals surface area contributed by atoms with Crippen molar-refractivity contribution in [3.63, 3.8) is 0 Å². The molecule has 2 aliphatic rings. The van der Waals surface area contributed by atoms with Gasteiger partial charge in [-0.05, 0) is 42.9 Å². The first-order valence-corrected chi connectivity index (χ1v) is 11.4. The molecule has 1 saturated heterocycles. The molecule has 1 atom stereocenters. The van der Waals surface area contributed by atoms with Crippen LogP contribution in [0, 0.1) is 0 Å². The highest BCUT2D eigenvalue weighted by Crippen LogP contribution is 2.38. The second kappa shape index (κ2) is 10.2. The van der Waals surface area contributed by atoms with Gasteiger partial charge in [0.1, 0.15) is 5.75 Å². The summed E-state index contributed by atoms with van der Waals surface area (Å²) in [5.74, 6) is -0.0403. The zero-order valence-electron chi connectivity index (χ0n) is 18.7. The fraction of sp³-hybridized carbons (Fsp3) is 0.375. The molecular formula is C24H27N3O5S. The van der Waals surface area contributed by atoms with Crippen molar-refractivity contribution in [2.45, 2.75) is 19.9 Å². The highest BCUT2D eigenvalue weighted by molar-refractivity contribution is 7.80. The van der Waals surface area contributed by atoms with Gasteiger partial charge < -0.3 is 29.7 Å². The molecule has 1 amide bonds. The van der Waals surface area contributed by atoms with Gasteiger partial charge in [-0.3, -0.25) is 4.79 Å². The normalized spacial score (nSPS) is 18.5. The number of thiocarbonyl (C=S) groups is 1. The summed E-state index contributed by atoms with van der Waals surface area (Å²) in [4.78, 5) is 27.3. The van der Waals surface area contributed by atoms with Gasteiger partial charge in [-0.25, -0.2) is 4.79 Å². The predicted octanol–water partition coefficient (Wildman–Crippen LogP) is 2.43. The van der Waals surface area contributed by atoms with Gasteiger partial charge in [-0.1, -0.05) is 30.3 Å². The number of rotatable bonds is 6. The fourth-order valence-electron chi connectivity index (χ4n) is 4.13. The third-order valence-electron chi connectivity index (χ3n) is 5.70. The van der Waals surface area contributed by atoms with E-state index in [9.17, 15) is 9.59 Å². The van der Waals surface area contributed by atoms with Crippen molar-refractivity contribution < 1.29 is 23.8 Å². The average molecular weight is 470 g/mol. The molecule has 4 rings (SSSR count). The number of morpholine rings is 1. The van der Waals surface area contributed by atoms with E-state index >= 15 is 0 Å². The Morgan fingerprint density at radius 1 is 1.18 bits per heavy atom. The molecule has 2 heterocycles. The summed E-state index contributed by atoms with van der Waals surface area (Å²) in [6.45, 7) is 5.84. The molecule has 2 aliphatic heterocycles. The maximum absolute atomic E-state index is 12.9. The first kappa shape index (κ1) is 23.0. The van der Waals surface area contributed by atoms with E-state index in [1.165, 1.54) is 0 Å². The highest BCUT2D eigenvalue weighted by Gasteiger charge is 2.34. The lowest BCUT2D eigenvalue weighted by atomic mass is 9.90. The molecular weight excluding hydrogens is 442 g/mol. The van der Waals surface area contributed by atoms with Gasteiger partial charge in [0, 0.05) is 24.4 Å². The minimum atomic E-state index is -0.600. The van der Waals surface area contributed by atoms with Crippen molar-refractivity contribution in [3.8, 4) is 5.75 Å². The molecule has 0 unspecified atom stereocenters. The van der Waals surface area contributed by atoms with E-state index in [1.807, 2.05) is 36.4 Å². The molecule has 2 aromatic rings. The minimum Gasteiger partial charge on any atom is -0.483 e. The van der Waals surface area contributed by atoms with Crippen LogP contribution in [0.2, 0.25) is 0 Å². The van der Waals surface area contributed by atoms with Gasteiger partial charge in [0.25, 0.3) is 5.91 Å². The summed E-state index contributed by atoms with van der Waals surface area (Å²) in [5, 5.41) is 8.49. The van der Waals surface area contributed by atoms with E-state index in [0.29, 0.717) is 48.4 Å². The molecule has 0 saturated carbocycles. The SMILES string of the molecule is CCOC(=O)C1=C(C)NC(=S)N[C@@H]1c1c(OCC(=O)N2CCOCC2)ccc2ccccc12. The number of allylic oxidation sites excluding steroid dienone is 1. The van der Waals surface area contributed by atoms with E-state index < -0.39 is 12.0 Å². The lowest BCUT2D eigenvalue weighted by Gasteiger charge is -2.32. The van der Waals surface area contributed by atoms with Gasteiger partial charge in [0.2, 0.25) is 0 Å². The highest BCUT2D eigenvalue weighted by atomic mass is 32.1. The van der Waals surface area contributed by atoms with Crippen molar-refractivity contribution in [2.24, 2.45) is 0 Å². The Bertz CT molecular complexity index is 1110. The molecule has 1 fully saturated rings. The summed E-state index contributed by atoms with van der Waals surface area (Å²) in [7, 11) is 0. The molecule has 0 aliphatic carbocycles. The Kier molecular flexibility index (Phi) is 7.10. The van der Waals surface area contributed by atoms with Crippen LogP contribution < -0.4 is 15.4 Å². The van der Waals surface area contributed by atoms with Gasteiger partial charge in [0.15, 0.2) is 11.7 Å². The Labute approximate surface area is 197 Å². The summed E-state index contributed by atoms with van der Waals surface area (Å²) < 4.78 is 16.7. The smallest absolute Gasteiger partial charge is 0.338 e. The lowest BCUT2D eigenvalue weighted by Crippen LogP contribution is -2.45. The number of carbonyl (C=O) groups is 2. The standard InChI is InChI=1S/C24H27N3O5S/c1-3-31-23(29)20-15(2)25-24(33)26-22(20)21-17-7-5-4-6-16(17)8-9-18(21)32-14-19(28)27-10-12-30-13-11-27/h4-9,22H,3,10-14H2,1-2H3,(H2,25,26,33)/t22-/m0/s1. The van der Waals surface area contributed by atoms with Crippen molar-refractivity contribution in [1.29, 1.82) is 0 Å². The van der Waals surface area contributed by atoms with Crippen molar-refractivity contribution >= 4 is 40.0 Å². The molecule has 33 heavy (non-hydrogen) atoms. The third-order valence-corrected chi connectivity index (χ3v) is 5.92. The first-order valence-electron chi connectivity index (χ1n) is 10.9. The van der Waals surface area contributed by atoms with E-state index in [4.69, 9.17) is 26.4 Å². The van der Waals surface area contributed by atoms with Crippen LogP contribution in [0.4, 0.5) is 0 Å². The first-order chi connectivity index (χ1) is 16.0. The minimum absolute atomic E-state index is 0.108. The van der Waals surface area contributed by atoms with Crippen molar-refractivity contribution in [3.05, 3.63) is 53.2 Å². The summed E-state index contributed by atoms with van der Waals surface area (Å²) in [5.41, 5.74) is 1.77. The van der Waals surface area contributed by atoms with Crippen LogP contribution >= 0.6 is 12.2 Å². The van der Waals surface area contributed by atoms with E-state index in [1.54, 1.807) is 18.7 Å². The molecule has 0 aromatic heterocycles. The number of ether oxygens (including phenoxy) is 3. The van der Waals surface area contributed by atoms with Gasteiger partial charge >= 0.3 is 5.97 Å². The van der Waals surface area contributed by atoms with Crippen molar-refractivity contribution in [1.82, 2.24) is 15.5 Å². The number of benzene rings is 2. The number of carbonyl (C=O) groups excluding carboxylic acids is 2. The fourth-order valence-corrected chi connectivity index (χ4v) is 4.40.